The first kappa shape index (κ1) is 16.2. The highest BCUT2D eigenvalue weighted by molar-refractivity contribution is 9.10. The molecule has 0 fully saturated rings. The van der Waals surface area contributed by atoms with E-state index in [1.54, 1.807) is 6.07 Å². The van der Waals surface area contributed by atoms with Crippen LogP contribution in [0.4, 0.5) is 0 Å². The summed E-state index contributed by atoms with van der Waals surface area (Å²) in [7, 11) is 2.04. The van der Waals surface area contributed by atoms with E-state index in [0.29, 0.717) is 12.1 Å². The Morgan fingerprint density at radius 1 is 1.24 bits per heavy atom. The molecule has 0 atom stereocenters. The van der Waals surface area contributed by atoms with E-state index in [-0.39, 0.29) is 12.2 Å². The molecule has 4 nitrogen and oxygen atoms in total. The Bertz CT molecular complexity index is 654. The maximum Gasteiger partial charge on any atom is 0.336 e. The minimum absolute atomic E-state index is 0.253. The molecule has 0 unspecified atom stereocenters. The fourth-order valence-electron chi connectivity index (χ4n) is 2.37. The van der Waals surface area contributed by atoms with Crippen LogP contribution in [0.25, 0.3) is 11.0 Å². The summed E-state index contributed by atoms with van der Waals surface area (Å²) in [6.45, 7) is 1.91. The standard InChI is InChI=1S/C16H20BrNO3/c1-18(7-3-2-4-8-19)11-12-9-16(20)21-15-10-13(17)5-6-14(12)15/h5-6,9-10,19H,2-4,7-8,11H2,1H3. The monoisotopic (exact) mass is 353 g/mol. The predicted molar refractivity (Wildman–Crippen MR) is 87.5 cm³/mol. The number of aliphatic hydroxyl groups excluding tert-OH is 1. The fourth-order valence-corrected chi connectivity index (χ4v) is 2.71. The van der Waals surface area contributed by atoms with Crippen LogP contribution in [0.15, 0.2) is 37.9 Å². The smallest absolute Gasteiger partial charge is 0.336 e. The molecule has 21 heavy (non-hydrogen) atoms. The molecule has 2 rings (SSSR count). The normalized spacial score (nSPS) is 11.4. The first-order valence-corrected chi connectivity index (χ1v) is 7.91. The van der Waals surface area contributed by atoms with Crippen LogP contribution < -0.4 is 5.63 Å². The van der Waals surface area contributed by atoms with E-state index in [1.165, 1.54) is 0 Å². The lowest BCUT2D eigenvalue weighted by atomic mass is 10.1. The van der Waals surface area contributed by atoms with Gasteiger partial charge in [-0.15, -0.1) is 0 Å². The molecule has 5 heteroatoms. The van der Waals surface area contributed by atoms with Gasteiger partial charge in [-0.3, -0.25) is 0 Å². The van der Waals surface area contributed by atoms with Crippen LogP contribution in [0.5, 0.6) is 0 Å². The van der Waals surface area contributed by atoms with Crippen molar-refractivity contribution in [1.82, 2.24) is 4.90 Å². The van der Waals surface area contributed by atoms with Gasteiger partial charge < -0.3 is 14.4 Å². The van der Waals surface area contributed by atoms with Crippen molar-refractivity contribution in [3.8, 4) is 0 Å². The van der Waals surface area contributed by atoms with Gasteiger partial charge in [0.2, 0.25) is 0 Å². The van der Waals surface area contributed by atoms with E-state index in [0.717, 1.165) is 41.2 Å². The van der Waals surface area contributed by atoms with Crippen LogP contribution >= 0.6 is 15.9 Å². The number of hydrogen-bond donors (Lipinski definition) is 1. The molecule has 0 saturated heterocycles. The van der Waals surface area contributed by atoms with Crippen molar-refractivity contribution in [1.29, 1.82) is 0 Å². The number of aliphatic hydroxyl groups is 1. The lowest BCUT2D eigenvalue weighted by Crippen LogP contribution is -2.20. The average Bonchev–Trinajstić information content (AvgIpc) is 2.43. The number of benzene rings is 1. The molecule has 1 heterocycles. The molecule has 0 radical (unpaired) electrons. The Kier molecular flexibility index (Phi) is 5.96. The third kappa shape index (κ3) is 4.66. The molecular formula is C16H20BrNO3. The first-order chi connectivity index (χ1) is 10.1. The van der Waals surface area contributed by atoms with Crippen molar-refractivity contribution in [2.75, 3.05) is 20.2 Å². The van der Waals surface area contributed by atoms with Crippen LogP contribution in [0.2, 0.25) is 0 Å². The topological polar surface area (TPSA) is 53.7 Å². The molecule has 0 saturated carbocycles. The van der Waals surface area contributed by atoms with Crippen molar-refractivity contribution in [2.45, 2.75) is 25.8 Å². The summed E-state index contributed by atoms with van der Waals surface area (Å²) >= 11 is 3.39. The molecule has 1 N–H and O–H groups in total. The van der Waals surface area contributed by atoms with Crippen molar-refractivity contribution < 1.29 is 9.52 Å². The molecule has 0 spiro atoms. The molecule has 0 aliphatic rings. The zero-order valence-corrected chi connectivity index (χ0v) is 13.7. The number of fused-ring (bicyclic) bond motifs is 1. The van der Waals surface area contributed by atoms with Crippen LogP contribution in [0.3, 0.4) is 0 Å². The van der Waals surface area contributed by atoms with Crippen LogP contribution in [0, 0.1) is 0 Å². The van der Waals surface area contributed by atoms with Gasteiger partial charge in [0.05, 0.1) is 0 Å². The maximum atomic E-state index is 11.7. The summed E-state index contributed by atoms with van der Waals surface area (Å²) in [5.74, 6) is 0. The van der Waals surface area contributed by atoms with Crippen molar-refractivity contribution in [3.05, 3.63) is 44.7 Å². The minimum Gasteiger partial charge on any atom is -0.423 e. The molecule has 0 aliphatic heterocycles. The van der Waals surface area contributed by atoms with Crippen LogP contribution in [-0.4, -0.2) is 30.2 Å². The van der Waals surface area contributed by atoms with Gasteiger partial charge in [0.25, 0.3) is 0 Å². The van der Waals surface area contributed by atoms with Gasteiger partial charge in [-0.25, -0.2) is 4.79 Å². The van der Waals surface area contributed by atoms with Gasteiger partial charge in [-0.1, -0.05) is 15.9 Å². The number of nitrogens with zero attached hydrogens (tertiary/aromatic N) is 1. The first-order valence-electron chi connectivity index (χ1n) is 7.12. The zero-order valence-electron chi connectivity index (χ0n) is 12.1. The second kappa shape index (κ2) is 7.73. The molecule has 0 aliphatic carbocycles. The van der Waals surface area contributed by atoms with Gasteiger partial charge in [0.1, 0.15) is 5.58 Å². The zero-order chi connectivity index (χ0) is 15.2. The third-order valence-corrected chi connectivity index (χ3v) is 3.92. The van der Waals surface area contributed by atoms with Crippen molar-refractivity contribution >= 4 is 26.9 Å². The Hall–Kier alpha value is -1.17. The van der Waals surface area contributed by atoms with E-state index in [2.05, 4.69) is 20.8 Å². The number of rotatable bonds is 7. The Balaban J connectivity index is 2.12. The summed E-state index contributed by atoms with van der Waals surface area (Å²) in [6, 6.07) is 7.31. The Labute approximate surface area is 132 Å². The average molecular weight is 354 g/mol. The van der Waals surface area contributed by atoms with E-state index < -0.39 is 0 Å². The lowest BCUT2D eigenvalue weighted by Gasteiger charge is -2.17. The van der Waals surface area contributed by atoms with Crippen molar-refractivity contribution in [3.63, 3.8) is 0 Å². The SMILES string of the molecule is CN(CCCCCO)Cc1cc(=O)oc2cc(Br)ccc12. The van der Waals surface area contributed by atoms with Crippen LogP contribution in [-0.2, 0) is 6.54 Å². The molecule has 0 amide bonds. The van der Waals surface area contributed by atoms with E-state index in [1.807, 2.05) is 25.2 Å². The van der Waals surface area contributed by atoms with Crippen molar-refractivity contribution in [2.24, 2.45) is 0 Å². The second-order valence-corrected chi connectivity index (χ2v) is 6.17. The number of halogens is 1. The number of unbranched alkanes of at least 4 members (excludes halogenated alkanes) is 2. The van der Waals surface area contributed by atoms with Gasteiger partial charge >= 0.3 is 5.63 Å². The lowest BCUT2D eigenvalue weighted by molar-refractivity contribution is 0.271. The Morgan fingerprint density at radius 3 is 2.81 bits per heavy atom. The van der Waals surface area contributed by atoms with E-state index >= 15 is 0 Å². The Morgan fingerprint density at radius 2 is 2.05 bits per heavy atom. The summed E-state index contributed by atoms with van der Waals surface area (Å²) in [4.78, 5) is 13.9. The number of hydrogen-bond acceptors (Lipinski definition) is 4. The summed E-state index contributed by atoms with van der Waals surface area (Å²) in [5.41, 5.74) is 1.28. The highest BCUT2D eigenvalue weighted by Crippen LogP contribution is 2.22. The van der Waals surface area contributed by atoms with Gasteiger partial charge in [0.15, 0.2) is 0 Å². The third-order valence-electron chi connectivity index (χ3n) is 3.43. The van der Waals surface area contributed by atoms with Gasteiger partial charge in [-0.05, 0) is 56.6 Å². The molecule has 1 aromatic carbocycles. The molecule has 114 valence electrons. The molecular weight excluding hydrogens is 334 g/mol. The quantitative estimate of drug-likeness (QED) is 0.613. The highest BCUT2D eigenvalue weighted by atomic mass is 79.9. The highest BCUT2D eigenvalue weighted by Gasteiger charge is 2.08. The largest absolute Gasteiger partial charge is 0.423 e. The van der Waals surface area contributed by atoms with E-state index in [4.69, 9.17) is 9.52 Å². The van der Waals surface area contributed by atoms with E-state index in [9.17, 15) is 4.79 Å². The van der Waals surface area contributed by atoms with Crippen LogP contribution in [0.1, 0.15) is 24.8 Å². The second-order valence-electron chi connectivity index (χ2n) is 5.25. The summed E-state index contributed by atoms with van der Waals surface area (Å²) in [5, 5.41) is 9.75. The minimum atomic E-state index is -0.315. The molecule has 2 aromatic rings. The summed E-state index contributed by atoms with van der Waals surface area (Å²) < 4.78 is 6.14. The fraction of sp³-hybridized carbons (Fsp3) is 0.438. The molecule has 1 aromatic heterocycles. The molecule has 0 bridgehead atoms. The maximum absolute atomic E-state index is 11.7. The predicted octanol–water partition coefficient (Wildman–Crippen LogP) is 3.15. The van der Waals surface area contributed by atoms with Gasteiger partial charge in [0, 0.05) is 29.1 Å². The van der Waals surface area contributed by atoms with Gasteiger partial charge in [-0.2, -0.15) is 0 Å². The summed E-state index contributed by atoms with van der Waals surface area (Å²) in [6.07, 6.45) is 2.91.